The Kier molecular flexibility index (Phi) is 3.97. The van der Waals surface area contributed by atoms with E-state index in [4.69, 9.17) is 10.5 Å². The molecule has 0 aromatic heterocycles. The van der Waals surface area contributed by atoms with Crippen molar-refractivity contribution in [3.05, 3.63) is 0 Å². The Labute approximate surface area is 92.5 Å². The third kappa shape index (κ3) is 4.08. The molecule has 88 valence electrons. The monoisotopic (exact) mass is 213 g/mol. The molecule has 0 bridgehead atoms. The highest BCUT2D eigenvalue weighted by molar-refractivity contribution is 5.78. The van der Waals surface area contributed by atoms with E-state index in [1.54, 1.807) is 7.11 Å². The number of piperidine rings is 1. The van der Waals surface area contributed by atoms with Crippen LogP contribution in [0.15, 0.2) is 4.99 Å². The van der Waals surface area contributed by atoms with Crippen molar-refractivity contribution in [3.63, 3.8) is 0 Å². The Morgan fingerprint density at radius 2 is 2.13 bits per heavy atom. The fraction of sp³-hybridized carbons (Fsp3) is 0.909. The van der Waals surface area contributed by atoms with Gasteiger partial charge in [0.15, 0.2) is 5.96 Å². The Morgan fingerprint density at radius 1 is 1.47 bits per heavy atom. The van der Waals surface area contributed by atoms with Crippen LogP contribution in [0.1, 0.15) is 33.6 Å². The lowest BCUT2D eigenvalue weighted by Gasteiger charge is -2.33. The van der Waals surface area contributed by atoms with Crippen LogP contribution in [-0.4, -0.2) is 42.7 Å². The summed E-state index contributed by atoms with van der Waals surface area (Å²) in [5.41, 5.74) is 5.86. The second-order valence-corrected chi connectivity index (χ2v) is 5.09. The van der Waals surface area contributed by atoms with E-state index >= 15 is 0 Å². The van der Waals surface area contributed by atoms with Gasteiger partial charge in [-0.2, -0.15) is 0 Å². The first-order valence-corrected chi connectivity index (χ1v) is 5.55. The number of hydrogen-bond donors (Lipinski definition) is 1. The third-order valence-corrected chi connectivity index (χ3v) is 2.49. The number of likely N-dealkylation sites (tertiary alicyclic amines) is 1. The second kappa shape index (κ2) is 4.84. The van der Waals surface area contributed by atoms with Crippen molar-refractivity contribution in [2.24, 2.45) is 10.7 Å². The lowest BCUT2D eigenvalue weighted by Crippen LogP contribution is -2.47. The molecule has 0 aromatic rings. The molecule has 4 nitrogen and oxygen atoms in total. The molecule has 15 heavy (non-hydrogen) atoms. The van der Waals surface area contributed by atoms with Crippen molar-refractivity contribution >= 4 is 5.96 Å². The number of aliphatic imine (C=N–C) groups is 1. The van der Waals surface area contributed by atoms with E-state index in [2.05, 4.69) is 30.7 Å². The van der Waals surface area contributed by atoms with Crippen molar-refractivity contribution in [2.45, 2.75) is 45.3 Å². The molecule has 0 aliphatic carbocycles. The van der Waals surface area contributed by atoms with Gasteiger partial charge in [0.05, 0.1) is 11.6 Å². The molecule has 0 aromatic carbocycles. The highest BCUT2D eigenvalue weighted by Gasteiger charge is 2.21. The predicted molar refractivity (Wildman–Crippen MR) is 63.0 cm³/mol. The van der Waals surface area contributed by atoms with Gasteiger partial charge in [-0.25, -0.2) is 4.99 Å². The summed E-state index contributed by atoms with van der Waals surface area (Å²) in [6.07, 6.45) is 2.54. The first-order valence-electron chi connectivity index (χ1n) is 5.55. The molecule has 1 saturated heterocycles. The summed E-state index contributed by atoms with van der Waals surface area (Å²) in [6.45, 7) is 8.01. The first-order chi connectivity index (χ1) is 6.92. The lowest BCUT2D eigenvalue weighted by molar-refractivity contribution is 0.0530. The lowest BCUT2D eigenvalue weighted by atomic mass is 10.1. The zero-order chi connectivity index (χ0) is 11.5. The molecule has 4 heteroatoms. The average Bonchev–Trinajstić information content (AvgIpc) is 2.15. The van der Waals surface area contributed by atoms with Crippen molar-refractivity contribution in [1.82, 2.24) is 4.90 Å². The van der Waals surface area contributed by atoms with Crippen LogP contribution in [0.2, 0.25) is 0 Å². The topological polar surface area (TPSA) is 50.9 Å². The molecule has 0 saturated carbocycles. The van der Waals surface area contributed by atoms with Crippen LogP contribution in [-0.2, 0) is 4.74 Å². The van der Waals surface area contributed by atoms with Gasteiger partial charge in [-0.15, -0.1) is 0 Å². The average molecular weight is 213 g/mol. The summed E-state index contributed by atoms with van der Waals surface area (Å²) < 4.78 is 5.35. The number of rotatable bonds is 1. The highest BCUT2D eigenvalue weighted by Crippen LogP contribution is 2.14. The first kappa shape index (κ1) is 12.3. The van der Waals surface area contributed by atoms with E-state index in [9.17, 15) is 0 Å². The van der Waals surface area contributed by atoms with Gasteiger partial charge in [0.2, 0.25) is 0 Å². The van der Waals surface area contributed by atoms with E-state index in [0.717, 1.165) is 25.9 Å². The molecule has 1 aliphatic rings. The maximum absolute atomic E-state index is 5.97. The predicted octanol–water partition coefficient (Wildman–Crippen LogP) is 1.21. The molecule has 0 radical (unpaired) electrons. The number of hydrogen-bond acceptors (Lipinski definition) is 2. The highest BCUT2D eigenvalue weighted by atomic mass is 16.5. The van der Waals surface area contributed by atoms with Crippen molar-refractivity contribution < 1.29 is 4.74 Å². The van der Waals surface area contributed by atoms with Crippen LogP contribution < -0.4 is 5.73 Å². The van der Waals surface area contributed by atoms with Crippen molar-refractivity contribution in [2.75, 3.05) is 20.2 Å². The Balaban J connectivity index is 2.59. The minimum atomic E-state index is -0.107. The van der Waals surface area contributed by atoms with Crippen LogP contribution in [0.5, 0.6) is 0 Å². The fourth-order valence-corrected chi connectivity index (χ4v) is 1.75. The van der Waals surface area contributed by atoms with E-state index in [1.165, 1.54) is 0 Å². The summed E-state index contributed by atoms with van der Waals surface area (Å²) in [5, 5.41) is 0. The molecule has 0 amide bonds. The Morgan fingerprint density at radius 3 is 2.67 bits per heavy atom. The largest absolute Gasteiger partial charge is 0.380 e. The van der Waals surface area contributed by atoms with Crippen LogP contribution in [0, 0.1) is 0 Å². The van der Waals surface area contributed by atoms with Crippen LogP contribution in [0.3, 0.4) is 0 Å². The number of methoxy groups -OCH3 is 1. The van der Waals surface area contributed by atoms with Gasteiger partial charge >= 0.3 is 0 Å². The molecule has 0 spiro atoms. The molecule has 2 N–H and O–H groups in total. The van der Waals surface area contributed by atoms with Gasteiger partial charge in [-0.3, -0.25) is 0 Å². The van der Waals surface area contributed by atoms with Gasteiger partial charge < -0.3 is 15.4 Å². The minimum Gasteiger partial charge on any atom is -0.380 e. The molecule has 1 aliphatic heterocycles. The summed E-state index contributed by atoms with van der Waals surface area (Å²) in [6, 6.07) is 0. The van der Waals surface area contributed by atoms with Gasteiger partial charge in [0.1, 0.15) is 0 Å². The Bertz CT molecular complexity index is 232. The van der Waals surface area contributed by atoms with Crippen LogP contribution >= 0.6 is 0 Å². The summed E-state index contributed by atoms with van der Waals surface area (Å²) >= 11 is 0. The number of guanidine groups is 1. The molecule has 1 rings (SSSR count). The van der Waals surface area contributed by atoms with Gasteiger partial charge in [-0.1, -0.05) is 0 Å². The standard InChI is InChI=1S/C11H23N3O/c1-11(2,3)13-10(12)14-7-5-6-9(8-14)15-4/h9H,5-8H2,1-4H3,(H2,12,13). The van der Waals surface area contributed by atoms with E-state index < -0.39 is 0 Å². The molecule has 1 fully saturated rings. The maximum Gasteiger partial charge on any atom is 0.191 e. The number of ether oxygens (including phenoxy) is 1. The SMILES string of the molecule is COC1CCCN(C(N)=NC(C)(C)C)C1. The smallest absolute Gasteiger partial charge is 0.191 e. The van der Waals surface area contributed by atoms with Crippen LogP contribution in [0.4, 0.5) is 0 Å². The zero-order valence-corrected chi connectivity index (χ0v) is 10.3. The van der Waals surface area contributed by atoms with E-state index in [-0.39, 0.29) is 5.54 Å². The third-order valence-electron chi connectivity index (χ3n) is 2.49. The van der Waals surface area contributed by atoms with Gasteiger partial charge in [0.25, 0.3) is 0 Å². The summed E-state index contributed by atoms with van der Waals surface area (Å²) in [5.74, 6) is 0.643. The molecule has 1 unspecified atom stereocenters. The minimum absolute atomic E-state index is 0.107. The molecular weight excluding hydrogens is 190 g/mol. The number of nitrogens with two attached hydrogens (primary N) is 1. The van der Waals surface area contributed by atoms with Crippen molar-refractivity contribution in [3.8, 4) is 0 Å². The zero-order valence-electron chi connectivity index (χ0n) is 10.3. The quantitative estimate of drug-likeness (QED) is 0.526. The van der Waals surface area contributed by atoms with E-state index in [1.807, 2.05) is 0 Å². The Hall–Kier alpha value is -0.770. The summed E-state index contributed by atoms with van der Waals surface area (Å²) in [4.78, 5) is 6.58. The fourth-order valence-electron chi connectivity index (χ4n) is 1.75. The molecular formula is C11H23N3O. The van der Waals surface area contributed by atoms with Gasteiger partial charge in [0, 0.05) is 20.2 Å². The van der Waals surface area contributed by atoms with Crippen molar-refractivity contribution in [1.29, 1.82) is 0 Å². The normalized spacial score (nSPS) is 24.4. The van der Waals surface area contributed by atoms with Gasteiger partial charge in [-0.05, 0) is 33.6 Å². The molecule has 1 heterocycles. The summed E-state index contributed by atoms with van der Waals surface area (Å²) in [7, 11) is 1.76. The number of nitrogens with zero attached hydrogens (tertiary/aromatic N) is 2. The second-order valence-electron chi connectivity index (χ2n) is 5.09. The van der Waals surface area contributed by atoms with Crippen LogP contribution in [0.25, 0.3) is 0 Å². The maximum atomic E-state index is 5.97. The van der Waals surface area contributed by atoms with E-state index in [0.29, 0.717) is 12.1 Å². The molecule has 1 atom stereocenters.